The number of benzene rings is 2. The van der Waals surface area contributed by atoms with Crippen molar-refractivity contribution in [3.8, 4) is 11.5 Å². The monoisotopic (exact) mass is 302 g/mol. The van der Waals surface area contributed by atoms with E-state index < -0.39 is 11.9 Å². The molecule has 2 N–H and O–H groups in total. The predicted octanol–water partition coefficient (Wildman–Crippen LogP) is -0.631. The van der Waals surface area contributed by atoms with E-state index in [0.717, 1.165) is 0 Å². The van der Waals surface area contributed by atoms with Crippen molar-refractivity contribution in [3.05, 3.63) is 59.7 Å². The molecule has 0 aliphatic rings. The highest BCUT2D eigenvalue weighted by atomic mass is 16.4. The Labute approximate surface area is 126 Å². The number of phenols is 2. The van der Waals surface area contributed by atoms with Gasteiger partial charge in [-0.2, -0.15) is 0 Å². The molecule has 0 aliphatic heterocycles. The summed E-state index contributed by atoms with van der Waals surface area (Å²) < 4.78 is 0. The summed E-state index contributed by atoms with van der Waals surface area (Å²) in [4.78, 5) is 20.2. The van der Waals surface area contributed by atoms with Crippen LogP contribution in [-0.2, 0) is 22.4 Å². The van der Waals surface area contributed by atoms with E-state index in [0.29, 0.717) is 11.1 Å². The first-order valence-electron chi connectivity index (χ1n) is 6.33. The Morgan fingerprint density at radius 2 is 1.05 bits per heavy atom. The van der Waals surface area contributed by atoms with Crippen LogP contribution in [-0.4, -0.2) is 22.2 Å². The molecule has 2 aromatic carbocycles. The lowest BCUT2D eigenvalue weighted by Crippen LogP contribution is -2.24. The summed E-state index contributed by atoms with van der Waals surface area (Å²) in [7, 11) is 0. The number of hydrogen-bond acceptors (Lipinski definition) is 6. The lowest BCUT2D eigenvalue weighted by Gasteiger charge is -2.03. The molecular weight excluding hydrogens is 288 g/mol. The summed E-state index contributed by atoms with van der Waals surface area (Å²) in [5.41, 5.74) is 0.764. The molecular formula is C16H14O6-2. The van der Waals surface area contributed by atoms with Gasteiger partial charge >= 0.3 is 0 Å². The Balaban J connectivity index is 0.000000220. The van der Waals surface area contributed by atoms with E-state index in [-0.39, 0.29) is 24.3 Å². The fourth-order valence-electron chi connectivity index (χ4n) is 1.63. The second-order valence-electron chi connectivity index (χ2n) is 4.35. The van der Waals surface area contributed by atoms with Crippen LogP contribution in [0.2, 0.25) is 0 Å². The second kappa shape index (κ2) is 8.31. The number of hydrogen-bond donors (Lipinski definition) is 2. The molecule has 0 bridgehead atoms. The number of aromatic hydroxyl groups is 2. The smallest absolute Gasteiger partial charge is 0.119 e. The lowest BCUT2D eigenvalue weighted by molar-refractivity contribution is -0.306. The molecule has 0 saturated heterocycles. The van der Waals surface area contributed by atoms with Gasteiger partial charge in [0, 0.05) is 24.8 Å². The summed E-state index contributed by atoms with van der Waals surface area (Å²) in [6.07, 6.45) is -0.487. The molecule has 0 saturated carbocycles. The molecule has 0 atom stereocenters. The number of para-hydroxylation sites is 2. The Kier molecular flexibility index (Phi) is 6.43. The fraction of sp³-hybridized carbons (Fsp3) is 0.125. The van der Waals surface area contributed by atoms with Crippen LogP contribution in [0.15, 0.2) is 48.5 Å². The zero-order chi connectivity index (χ0) is 16.5. The fourth-order valence-corrected chi connectivity index (χ4v) is 1.63. The third kappa shape index (κ3) is 5.96. The minimum Gasteiger partial charge on any atom is -0.550 e. The van der Waals surface area contributed by atoms with Gasteiger partial charge in [0.05, 0.1) is 0 Å². The first-order valence-corrected chi connectivity index (χ1v) is 6.33. The van der Waals surface area contributed by atoms with Gasteiger partial charge in [-0.3, -0.25) is 0 Å². The predicted molar refractivity (Wildman–Crippen MR) is 73.6 cm³/mol. The summed E-state index contributed by atoms with van der Waals surface area (Å²) in [5, 5.41) is 38.3. The molecule has 0 fully saturated rings. The Bertz CT molecular complexity index is 593. The first-order chi connectivity index (χ1) is 10.4. The van der Waals surface area contributed by atoms with Gasteiger partial charge in [-0.1, -0.05) is 36.4 Å². The van der Waals surface area contributed by atoms with Crippen LogP contribution in [0, 0.1) is 0 Å². The van der Waals surface area contributed by atoms with E-state index in [1.54, 1.807) is 36.4 Å². The average Bonchev–Trinajstić information content (AvgIpc) is 2.44. The molecule has 6 nitrogen and oxygen atoms in total. The molecule has 2 aromatic rings. The molecule has 0 unspecified atom stereocenters. The maximum Gasteiger partial charge on any atom is 0.119 e. The molecule has 0 aromatic heterocycles. The van der Waals surface area contributed by atoms with E-state index in [9.17, 15) is 19.8 Å². The van der Waals surface area contributed by atoms with Crippen molar-refractivity contribution >= 4 is 11.9 Å². The molecule has 2 rings (SSSR count). The van der Waals surface area contributed by atoms with Crippen LogP contribution in [0.4, 0.5) is 0 Å². The number of phenolic OH excluding ortho intramolecular Hbond substituents is 2. The summed E-state index contributed by atoms with van der Waals surface area (Å²) in [5.74, 6) is -2.38. The largest absolute Gasteiger partial charge is 0.550 e. The van der Waals surface area contributed by atoms with Crippen molar-refractivity contribution in [1.82, 2.24) is 0 Å². The SMILES string of the molecule is O=C([O-])Cc1ccccc1O.O=C([O-])Cc1ccccc1O. The van der Waals surface area contributed by atoms with Gasteiger partial charge in [0.2, 0.25) is 0 Å². The van der Waals surface area contributed by atoms with Crippen molar-refractivity contribution in [2.75, 3.05) is 0 Å². The summed E-state index contributed by atoms with van der Waals surface area (Å²) in [6.45, 7) is 0. The van der Waals surface area contributed by atoms with E-state index >= 15 is 0 Å². The number of carboxylic acid groups (broad SMARTS) is 2. The van der Waals surface area contributed by atoms with Crippen molar-refractivity contribution in [2.45, 2.75) is 12.8 Å². The van der Waals surface area contributed by atoms with Gasteiger partial charge in [-0.05, 0) is 23.3 Å². The molecule has 22 heavy (non-hydrogen) atoms. The molecule has 116 valence electrons. The maximum absolute atomic E-state index is 10.1. The Morgan fingerprint density at radius 1 is 0.727 bits per heavy atom. The lowest BCUT2D eigenvalue weighted by atomic mass is 10.1. The highest BCUT2D eigenvalue weighted by Crippen LogP contribution is 2.15. The van der Waals surface area contributed by atoms with Crippen LogP contribution in [0.3, 0.4) is 0 Å². The number of carbonyl (C=O) groups is 2. The summed E-state index contributed by atoms with van der Waals surface area (Å²) in [6, 6.07) is 12.6. The van der Waals surface area contributed by atoms with Gasteiger partial charge in [0.25, 0.3) is 0 Å². The molecule has 0 spiro atoms. The van der Waals surface area contributed by atoms with Crippen LogP contribution >= 0.6 is 0 Å². The zero-order valence-electron chi connectivity index (χ0n) is 11.6. The van der Waals surface area contributed by atoms with Crippen LogP contribution in [0.25, 0.3) is 0 Å². The standard InChI is InChI=1S/2C8H8O3/c2*9-7-4-2-1-3-6(7)5-8(10)11/h2*1-4,9H,5H2,(H,10,11)/p-2. The van der Waals surface area contributed by atoms with Gasteiger partial charge in [0.15, 0.2) is 0 Å². The third-order valence-corrected chi connectivity index (χ3v) is 2.65. The van der Waals surface area contributed by atoms with Gasteiger partial charge in [-0.15, -0.1) is 0 Å². The quantitative estimate of drug-likeness (QED) is 0.775. The highest BCUT2D eigenvalue weighted by molar-refractivity contribution is 5.69. The molecule has 0 heterocycles. The molecule has 0 aliphatic carbocycles. The van der Waals surface area contributed by atoms with E-state index in [4.69, 9.17) is 10.2 Å². The molecule has 6 heteroatoms. The van der Waals surface area contributed by atoms with E-state index in [2.05, 4.69) is 0 Å². The summed E-state index contributed by atoms with van der Waals surface area (Å²) >= 11 is 0. The van der Waals surface area contributed by atoms with Gasteiger partial charge < -0.3 is 30.0 Å². The number of aliphatic carboxylic acids is 2. The van der Waals surface area contributed by atoms with E-state index in [1.165, 1.54) is 12.1 Å². The molecule has 0 amide bonds. The maximum atomic E-state index is 10.1. The van der Waals surface area contributed by atoms with Crippen LogP contribution < -0.4 is 10.2 Å². The zero-order valence-corrected chi connectivity index (χ0v) is 11.6. The second-order valence-corrected chi connectivity index (χ2v) is 4.35. The Morgan fingerprint density at radius 3 is 1.32 bits per heavy atom. The minimum absolute atomic E-state index is 0.00306. The number of rotatable bonds is 4. The van der Waals surface area contributed by atoms with Gasteiger partial charge in [0.1, 0.15) is 11.5 Å². The Hall–Kier alpha value is -3.02. The normalized spacial score (nSPS) is 9.45. The first kappa shape index (κ1) is 17.0. The van der Waals surface area contributed by atoms with Crippen molar-refractivity contribution in [1.29, 1.82) is 0 Å². The van der Waals surface area contributed by atoms with Crippen LogP contribution in [0.1, 0.15) is 11.1 Å². The van der Waals surface area contributed by atoms with Crippen molar-refractivity contribution in [3.63, 3.8) is 0 Å². The van der Waals surface area contributed by atoms with E-state index in [1.807, 2.05) is 0 Å². The van der Waals surface area contributed by atoms with Crippen molar-refractivity contribution in [2.24, 2.45) is 0 Å². The van der Waals surface area contributed by atoms with Crippen LogP contribution in [0.5, 0.6) is 11.5 Å². The topological polar surface area (TPSA) is 121 Å². The minimum atomic E-state index is -1.19. The van der Waals surface area contributed by atoms with Crippen molar-refractivity contribution < 1.29 is 30.0 Å². The number of carboxylic acids is 2. The van der Waals surface area contributed by atoms with Gasteiger partial charge in [-0.25, -0.2) is 0 Å². The molecule has 0 radical (unpaired) electrons. The third-order valence-electron chi connectivity index (χ3n) is 2.65. The highest BCUT2D eigenvalue weighted by Gasteiger charge is 1.98. The number of carbonyl (C=O) groups excluding carboxylic acids is 2. The average molecular weight is 302 g/mol.